The summed E-state index contributed by atoms with van der Waals surface area (Å²) in [5.41, 5.74) is 0.651. The van der Waals surface area contributed by atoms with Gasteiger partial charge in [0.15, 0.2) is 16.7 Å². The van der Waals surface area contributed by atoms with Crippen molar-refractivity contribution in [1.82, 2.24) is 24.6 Å². The van der Waals surface area contributed by atoms with Gasteiger partial charge in [0, 0.05) is 32.2 Å². The normalized spacial score (nSPS) is 13.6. The van der Waals surface area contributed by atoms with E-state index in [1.807, 2.05) is 6.07 Å². The summed E-state index contributed by atoms with van der Waals surface area (Å²) in [6.45, 7) is 1.77. The largest absolute Gasteiger partial charge is 0.497 e. The van der Waals surface area contributed by atoms with Crippen molar-refractivity contribution in [1.29, 1.82) is 0 Å². The summed E-state index contributed by atoms with van der Waals surface area (Å²) in [5.74, 6) is 2.43. The first kappa shape index (κ1) is 24.5. The lowest BCUT2D eigenvalue weighted by molar-refractivity contribution is -0.129. The van der Waals surface area contributed by atoms with Crippen LogP contribution < -0.4 is 9.47 Å². The van der Waals surface area contributed by atoms with Gasteiger partial charge in [-0.05, 0) is 36.4 Å². The molecule has 0 aliphatic carbocycles. The summed E-state index contributed by atoms with van der Waals surface area (Å²) in [4.78, 5) is 29.0. The maximum atomic E-state index is 13.0. The Hall–Kier alpha value is -4.19. The Morgan fingerprint density at radius 3 is 2.38 bits per heavy atom. The number of ether oxygens (including phenoxy) is 2. The van der Waals surface area contributed by atoms with E-state index in [9.17, 15) is 9.59 Å². The highest BCUT2D eigenvalue weighted by Crippen LogP contribution is 2.35. The second-order valence-corrected chi connectivity index (χ2v) is 9.04. The van der Waals surface area contributed by atoms with Crippen LogP contribution in [0.2, 0.25) is 0 Å². The number of rotatable bonds is 8. The number of nitrogens with zero attached hydrogens (tertiary/aromatic N) is 5. The van der Waals surface area contributed by atoms with Crippen molar-refractivity contribution in [3.63, 3.8) is 0 Å². The SMILES string of the molecule is COc1ccc(OC)c(-n2c(SCC(=O)N3CCN(C(=O)c4ccco4)CC3)nnc2-c2ccco2)c1. The van der Waals surface area contributed by atoms with E-state index in [2.05, 4.69) is 10.2 Å². The summed E-state index contributed by atoms with van der Waals surface area (Å²) in [6, 6.07) is 12.3. The molecule has 3 aromatic heterocycles. The van der Waals surface area contributed by atoms with E-state index in [-0.39, 0.29) is 17.6 Å². The highest BCUT2D eigenvalue weighted by atomic mass is 32.2. The minimum absolute atomic E-state index is 0.0539. The molecule has 4 aromatic rings. The van der Waals surface area contributed by atoms with Crippen molar-refractivity contribution in [2.24, 2.45) is 0 Å². The van der Waals surface area contributed by atoms with E-state index in [0.29, 0.717) is 65.9 Å². The first-order valence-corrected chi connectivity index (χ1v) is 12.5. The minimum atomic E-state index is -0.169. The topological polar surface area (TPSA) is 116 Å². The van der Waals surface area contributed by atoms with Crippen molar-refractivity contribution in [3.05, 3.63) is 60.8 Å². The summed E-state index contributed by atoms with van der Waals surface area (Å²) in [7, 11) is 3.16. The van der Waals surface area contributed by atoms with Gasteiger partial charge in [0.1, 0.15) is 11.5 Å². The lowest BCUT2D eigenvalue weighted by atomic mass is 10.2. The summed E-state index contributed by atoms with van der Waals surface area (Å²) < 4.78 is 23.6. The van der Waals surface area contributed by atoms with E-state index in [4.69, 9.17) is 18.3 Å². The Labute approximate surface area is 216 Å². The minimum Gasteiger partial charge on any atom is -0.497 e. The van der Waals surface area contributed by atoms with Gasteiger partial charge >= 0.3 is 0 Å². The second-order valence-electron chi connectivity index (χ2n) is 8.10. The van der Waals surface area contributed by atoms with Gasteiger partial charge in [-0.15, -0.1) is 10.2 Å². The second kappa shape index (κ2) is 10.8. The monoisotopic (exact) mass is 523 g/mol. The number of benzene rings is 1. The van der Waals surface area contributed by atoms with Crippen LogP contribution in [-0.2, 0) is 4.79 Å². The number of methoxy groups -OCH3 is 2. The molecule has 37 heavy (non-hydrogen) atoms. The average Bonchev–Trinajstić information content (AvgIpc) is 3.73. The summed E-state index contributed by atoms with van der Waals surface area (Å²) in [5, 5.41) is 9.18. The molecule has 1 aliphatic heterocycles. The molecule has 11 nitrogen and oxygen atoms in total. The van der Waals surface area contributed by atoms with Gasteiger partial charge in [0.2, 0.25) is 11.7 Å². The number of hydrogen-bond donors (Lipinski definition) is 0. The molecule has 0 atom stereocenters. The fourth-order valence-electron chi connectivity index (χ4n) is 4.05. The molecule has 5 rings (SSSR count). The van der Waals surface area contributed by atoms with Crippen LogP contribution in [0.15, 0.2) is 69.0 Å². The molecule has 4 heterocycles. The molecule has 2 amide bonds. The third-order valence-corrected chi connectivity index (χ3v) is 6.89. The van der Waals surface area contributed by atoms with E-state index in [0.717, 1.165) is 0 Å². The number of piperazine rings is 1. The van der Waals surface area contributed by atoms with Crippen LogP contribution >= 0.6 is 11.8 Å². The first-order valence-electron chi connectivity index (χ1n) is 11.5. The van der Waals surface area contributed by atoms with Crippen LogP contribution in [0, 0.1) is 0 Å². The van der Waals surface area contributed by atoms with Crippen LogP contribution in [0.4, 0.5) is 0 Å². The van der Waals surface area contributed by atoms with E-state index in [1.165, 1.54) is 18.0 Å². The van der Waals surface area contributed by atoms with Crippen LogP contribution in [0.5, 0.6) is 11.5 Å². The van der Waals surface area contributed by atoms with E-state index in [1.54, 1.807) is 71.2 Å². The molecule has 0 spiro atoms. The van der Waals surface area contributed by atoms with Crippen LogP contribution in [-0.4, -0.2) is 82.5 Å². The third-order valence-electron chi connectivity index (χ3n) is 5.98. The molecular weight excluding hydrogens is 498 g/mol. The number of carbonyl (C=O) groups is 2. The van der Waals surface area contributed by atoms with Gasteiger partial charge in [-0.25, -0.2) is 0 Å². The molecule has 12 heteroatoms. The van der Waals surface area contributed by atoms with Crippen LogP contribution in [0.1, 0.15) is 10.6 Å². The number of aromatic nitrogens is 3. The molecule has 1 saturated heterocycles. The smallest absolute Gasteiger partial charge is 0.289 e. The van der Waals surface area contributed by atoms with Gasteiger partial charge in [0.05, 0.1) is 38.2 Å². The van der Waals surface area contributed by atoms with Crippen LogP contribution in [0.25, 0.3) is 17.3 Å². The highest BCUT2D eigenvalue weighted by Gasteiger charge is 2.27. The van der Waals surface area contributed by atoms with Gasteiger partial charge < -0.3 is 28.1 Å². The zero-order valence-electron chi connectivity index (χ0n) is 20.3. The Morgan fingerprint density at radius 2 is 1.70 bits per heavy atom. The number of amides is 2. The van der Waals surface area contributed by atoms with Crippen molar-refractivity contribution in [3.8, 4) is 28.8 Å². The van der Waals surface area contributed by atoms with Gasteiger partial charge in [-0.3, -0.25) is 14.2 Å². The number of hydrogen-bond acceptors (Lipinski definition) is 9. The first-order chi connectivity index (χ1) is 18.1. The molecule has 192 valence electrons. The maximum Gasteiger partial charge on any atom is 0.289 e. The Kier molecular flexibility index (Phi) is 7.17. The molecule has 0 radical (unpaired) electrons. The fourth-order valence-corrected chi connectivity index (χ4v) is 4.90. The number of thioether (sulfide) groups is 1. The molecule has 0 saturated carbocycles. The van der Waals surface area contributed by atoms with E-state index >= 15 is 0 Å². The predicted molar refractivity (Wildman–Crippen MR) is 134 cm³/mol. The van der Waals surface area contributed by atoms with Crippen molar-refractivity contribution in [2.45, 2.75) is 5.16 Å². The number of carbonyl (C=O) groups excluding carboxylic acids is 2. The van der Waals surface area contributed by atoms with E-state index < -0.39 is 0 Å². The lowest BCUT2D eigenvalue weighted by Gasteiger charge is -2.34. The molecule has 0 bridgehead atoms. The van der Waals surface area contributed by atoms with Gasteiger partial charge in [0.25, 0.3) is 5.91 Å². The van der Waals surface area contributed by atoms with Crippen LogP contribution in [0.3, 0.4) is 0 Å². The molecule has 0 N–H and O–H groups in total. The number of furan rings is 2. The zero-order valence-corrected chi connectivity index (χ0v) is 21.1. The zero-order chi connectivity index (χ0) is 25.8. The quantitative estimate of drug-likeness (QED) is 0.321. The molecule has 1 fully saturated rings. The molecule has 0 unspecified atom stereocenters. The Balaban J connectivity index is 1.32. The maximum absolute atomic E-state index is 13.0. The standard InChI is InChI=1S/C25H25N5O6S/c1-33-17-7-8-19(34-2)18(15-17)30-23(20-5-3-13-35-20)26-27-25(30)37-16-22(31)28-9-11-29(12-10-28)24(32)21-6-4-14-36-21/h3-8,13-15H,9-12,16H2,1-2H3. The third kappa shape index (κ3) is 5.05. The highest BCUT2D eigenvalue weighted by molar-refractivity contribution is 7.99. The summed E-state index contributed by atoms with van der Waals surface area (Å²) >= 11 is 1.26. The van der Waals surface area contributed by atoms with Crippen molar-refractivity contribution in [2.75, 3.05) is 46.2 Å². The predicted octanol–water partition coefficient (Wildman–Crippen LogP) is 3.21. The van der Waals surface area contributed by atoms with Gasteiger partial charge in [-0.2, -0.15) is 0 Å². The van der Waals surface area contributed by atoms with Gasteiger partial charge in [-0.1, -0.05) is 11.8 Å². The Bertz CT molecular complexity index is 1360. The lowest BCUT2D eigenvalue weighted by Crippen LogP contribution is -2.51. The Morgan fingerprint density at radius 1 is 0.946 bits per heavy atom. The van der Waals surface area contributed by atoms with Crippen molar-refractivity contribution < 1.29 is 27.9 Å². The summed E-state index contributed by atoms with van der Waals surface area (Å²) in [6.07, 6.45) is 3.03. The fraction of sp³-hybridized carbons (Fsp3) is 0.280. The average molecular weight is 524 g/mol. The molecular formula is C25H25N5O6S. The molecule has 1 aromatic carbocycles. The molecule has 1 aliphatic rings. The van der Waals surface area contributed by atoms with Crippen molar-refractivity contribution >= 4 is 23.6 Å².